The summed E-state index contributed by atoms with van der Waals surface area (Å²) < 4.78 is 10.8. The van der Waals surface area contributed by atoms with Crippen molar-refractivity contribution in [1.82, 2.24) is 0 Å². The third kappa shape index (κ3) is 2.96. The van der Waals surface area contributed by atoms with Crippen LogP contribution in [0.15, 0.2) is 42.5 Å². The van der Waals surface area contributed by atoms with Gasteiger partial charge in [-0.3, -0.25) is 4.79 Å². The van der Waals surface area contributed by atoms with Gasteiger partial charge >= 0.3 is 0 Å². The number of ether oxygens (including phenoxy) is 2. The van der Waals surface area contributed by atoms with Gasteiger partial charge < -0.3 is 9.47 Å². The Morgan fingerprint density at radius 1 is 1.15 bits per heavy atom. The summed E-state index contributed by atoms with van der Waals surface area (Å²) in [5.41, 5.74) is 0.875. The van der Waals surface area contributed by atoms with E-state index in [-0.39, 0.29) is 5.78 Å². The quantitative estimate of drug-likeness (QED) is 0.795. The van der Waals surface area contributed by atoms with Crippen LogP contribution in [0.1, 0.15) is 22.8 Å². The standard InChI is InChI=1S/C16H13NO3/c1-11(18)15-7-6-12(10-17)8-16(15)20-14-5-3-4-13(9-14)19-2/h3-9H,1-2H3. The van der Waals surface area contributed by atoms with Gasteiger partial charge in [-0.2, -0.15) is 5.26 Å². The average molecular weight is 267 g/mol. The Kier molecular flexibility index (Phi) is 4.02. The van der Waals surface area contributed by atoms with Crippen molar-refractivity contribution in [1.29, 1.82) is 5.26 Å². The highest BCUT2D eigenvalue weighted by Crippen LogP contribution is 2.29. The molecule has 0 aromatic heterocycles. The van der Waals surface area contributed by atoms with Crippen LogP contribution in [0.2, 0.25) is 0 Å². The molecule has 2 aromatic carbocycles. The zero-order chi connectivity index (χ0) is 14.5. The number of hydrogen-bond acceptors (Lipinski definition) is 4. The van der Waals surface area contributed by atoms with Crippen molar-refractivity contribution in [3.05, 3.63) is 53.6 Å². The van der Waals surface area contributed by atoms with E-state index in [1.807, 2.05) is 6.07 Å². The van der Waals surface area contributed by atoms with Gasteiger partial charge in [0, 0.05) is 6.07 Å². The average Bonchev–Trinajstić information content (AvgIpc) is 2.47. The van der Waals surface area contributed by atoms with Gasteiger partial charge in [-0.1, -0.05) is 6.07 Å². The molecule has 0 saturated carbocycles. The van der Waals surface area contributed by atoms with Gasteiger partial charge in [-0.25, -0.2) is 0 Å². The first-order chi connectivity index (χ1) is 9.63. The van der Waals surface area contributed by atoms with E-state index >= 15 is 0 Å². The summed E-state index contributed by atoms with van der Waals surface area (Å²) in [6.45, 7) is 1.46. The minimum atomic E-state index is -0.118. The molecule has 0 radical (unpaired) electrons. The Morgan fingerprint density at radius 3 is 2.55 bits per heavy atom. The number of benzene rings is 2. The fourth-order valence-electron chi connectivity index (χ4n) is 1.76. The molecule has 2 aromatic rings. The highest BCUT2D eigenvalue weighted by atomic mass is 16.5. The monoisotopic (exact) mass is 267 g/mol. The van der Waals surface area contributed by atoms with Gasteiger partial charge in [0.2, 0.25) is 0 Å². The van der Waals surface area contributed by atoms with Crippen molar-refractivity contribution in [2.24, 2.45) is 0 Å². The highest BCUT2D eigenvalue weighted by molar-refractivity contribution is 5.97. The largest absolute Gasteiger partial charge is 0.497 e. The number of ketones is 1. The van der Waals surface area contributed by atoms with Crippen LogP contribution in [0.25, 0.3) is 0 Å². The third-order valence-electron chi connectivity index (χ3n) is 2.76. The smallest absolute Gasteiger partial charge is 0.163 e. The molecule has 4 nitrogen and oxygen atoms in total. The number of nitrogens with zero attached hydrogens (tertiary/aromatic N) is 1. The lowest BCUT2D eigenvalue weighted by Gasteiger charge is -2.10. The van der Waals surface area contributed by atoms with Crippen molar-refractivity contribution >= 4 is 5.78 Å². The summed E-state index contributed by atoms with van der Waals surface area (Å²) in [5.74, 6) is 1.45. The maximum atomic E-state index is 11.6. The number of carbonyl (C=O) groups is 1. The zero-order valence-electron chi connectivity index (χ0n) is 11.2. The molecule has 0 saturated heterocycles. The molecule has 0 unspecified atom stereocenters. The lowest BCUT2D eigenvalue weighted by atomic mass is 10.1. The number of methoxy groups -OCH3 is 1. The van der Waals surface area contributed by atoms with E-state index in [4.69, 9.17) is 14.7 Å². The summed E-state index contributed by atoms with van der Waals surface area (Å²) in [4.78, 5) is 11.6. The molecule has 0 spiro atoms. The Morgan fingerprint density at radius 2 is 1.90 bits per heavy atom. The first kappa shape index (κ1) is 13.6. The summed E-state index contributed by atoms with van der Waals surface area (Å²) in [6, 6.07) is 13.8. The van der Waals surface area contributed by atoms with Gasteiger partial charge in [0.05, 0.1) is 24.3 Å². The molecule has 2 rings (SSSR count). The van der Waals surface area contributed by atoms with E-state index in [9.17, 15) is 4.79 Å². The third-order valence-corrected chi connectivity index (χ3v) is 2.76. The Hall–Kier alpha value is -2.80. The van der Waals surface area contributed by atoms with Crippen molar-refractivity contribution in [3.8, 4) is 23.3 Å². The number of hydrogen-bond donors (Lipinski definition) is 0. The number of carbonyl (C=O) groups excluding carboxylic acids is 1. The molecule has 0 bridgehead atoms. The second-order valence-electron chi connectivity index (χ2n) is 4.16. The molecule has 0 aliphatic rings. The molecule has 20 heavy (non-hydrogen) atoms. The summed E-state index contributed by atoms with van der Waals surface area (Å²) in [6.07, 6.45) is 0. The van der Waals surface area contributed by atoms with Crippen molar-refractivity contribution in [2.45, 2.75) is 6.92 Å². The van der Waals surface area contributed by atoms with Gasteiger partial charge in [0.25, 0.3) is 0 Å². The van der Waals surface area contributed by atoms with Crippen LogP contribution in [0.5, 0.6) is 17.2 Å². The lowest BCUT2D eigenvalue weighted by molar-refractivity contribution is 0.101. The molecule has 0 atom stereocenters. The number of rotatable bonds is 4. The van der Waals surface area contributed by atoms with Crippen molar-refractivity contribution in [3.63, 3.8) is 0 Å². The molecule has 0 amide bonds. The summed E-state index contributed by atoms with van der Waals surface area (Å²) in [7, 11) is 1.57. The zero-order valence-corrected chi connectivity index (χ0v) is 11.2. The van der Waals surface area contributed by atoms with Crippen molar-refractivity contribution in [2.75, 3.05) is 7.11 Å². The molecule has 0 N–H and O–H groups in total. The molecule has 0 heterocycles. The van der Waals surface area contributed by atoms with Crippen LogP contribution in [-0.4, -0.2) is 12.9 Å². The first-order valence-electron chi connectivity index (χ1n) is 6.01. The van der Waals surface area contributed by atoms with Gasteiger partial charge in [-0.15, -0.1) is 0 Å². The summed E-state index contributed by atoms with van der Waals surface area (Å²) in [5, 5.41) is 8.93. The van der Waals surface area contributed by atoms with Crippen LogP contribution < -0.4 is 9.47 Å². The van der Waals surface area contributed by atoms with E-state index in [2.05, 4.69) is 0 Å². The molecular weight excluding hydrogens is 254 g/mol. The van der Waals surface area contributed by atoms with Crippen LogP contribution >= 0.6 is 0 Å². The molecule has 4 heteroatoms. The van der Waals surface area contributed by atoms with Crippen LogP contribution in [0.4, 0.5) is 0 Å². The lowest BCUT2D eigenvalue weighted by Crippen LogP contribution is -1.98. The van der Waals surface area contributed by atoms with E-state index in [1.165, 1.54) is 6.92 Å². The minimum Gasteiger partial charge on any atom is -0.497 e. The predicted molar refractivity (Wildman–Crippen MR) is 74.2 cm³/mol. The molecule has 0 fully saturated rings. The summed E-state index contributed by atoms with van der Waals surface area (Å²) >= 11 is 0. The van der Waals surface area contributed by atoms with Crippen LogP contribution in [0, 0.1) is 11.3 Å². The first-order valence-corrected chi connectivity index (χ1v) is 6.01. The normalized spacial score (nSPS) is 9.65. The van der Waals surface area contributed by atoms with Gasteiger partial charge in [0.1, 0.15) is 17.2 Å². The van der Waals surface area contributed by atoms with Gasteiger partial charge in [-0.05, 0) is 37.3 Å². The Balaban J connectivity index is 2.40. The highest BCUT2D eigenvalue weighted by Gasteiger charge is 2.11. The van der Waals surface area contributed by atoms with E-state index in [1.54, 1.807) is 49.6 Å². The molecule has 100 valence electrons. The molecular formula is C16H13NO3. The predicted octanol–water partition coefficient (Wildman–Crippen LogP) is 3.56. The molecule has 0 aliphatic carbocycles. The number of nitriles is 1. The fourth-order valence-corrected chi connectivity index (χ4v) is 1.76. The SMILES string of the molecule is COc1cccc(Oc2cc(C#N)ccc2C(C)=O)c1. The second kappa shape index (κ2) is 5.89. The number of Topliss-reactive ketones (excluding diaryl/α,β-unsaturated/α-hetero) is 1. The van der Waals surface area contributed by atoms with E-state index < -0.39 is 0 Å². The Bertz CT molecular complexity index is 686. The minimum absolute atomic E-state index is 0.118. The van der Waals surface area contributed by atoms with Crippen molar-refractivity contribution < 1.29 is 14.3 Å². The molecule has 0 aliphatic heterocycles. The second-order valence-corrected chi connectivity index (χ2v) is 4.16. The van der Waals surface area contributed by atoms with E-state index in [0.717, 1.165) is 0 Å². The topological polar surface area (TPSA) is 59.3 Å². The fraction of sp³-hybridized carbons (Fsp3) is 0.125. The Labute approximate surface area is 117 Å². The van der Waals surface area contributed by atoms with Crippen LogP contribution in [-0.2, 0) is 0 Å². The maximum absolute atomic E-state index is 11.6. The van der Waals surface area contributed by atoms with Crippen LogP contribution in [0.3, 0.4) is 0 Å². The van der Waals surface area contributed by atoms with Gasteiger partial charge in [0.15, 0.2) is 5.78 Å². The van der Waals surface area contributed by atoms with E-state index in [0.29, 0.717) is 28.4 Å². The maximum Gasteiger partial charge on any atom is 0.163 e.